The second-order valence-corrected chi connectivity index (χ2v) is 7.04. The lowest BCUT2D eigenvalue weighted by molar-refractivity contribution is -0.140. The number of hydrogen-bond acceptors (Lipinski definition) is 2. The molecule has 0 radical (unpaired) electrons. The summed E-state index contributed by atoms with van der Waals surface area (Å²) in [7, 11) is 0. The molecule has 0 aromatic heterocycles. The largest absolute Gasteiger partial charge is 0.416 e. The first kappa shape index (κ1) is 18.2. The number of carbonyl (C=O) groups is 1. The van der Waals surface area contributed by atoms with E-state index in [0.29, 0.717) is 12.1 Å². The number of carbonyl (C=O) groups excluding carboxylic acids is 1. The number of rotatable bonds is 4. The van der Waals surface area contributed by atoms with Gasteiger partial charge in [-0.3, -0.25) is 4.79 Å². The Balaban J connectivity index is 1.54. The maximum Gasteiger partial charge on any atom is 0.416 e. The highest BCUT2D eigenvalue weighted by Gasteiger charge is 2.32. The van der Waals surface area contributed by atoms with Crippen LogP contribution in [0.3, 0.4) is 0 Å². The van der Waals surface area contributed by atoms with Gasteiger partial charge in [0.15, 0.2) is 0 Å². The van der Waals surface area contributed by atoms with E-state index < -0.39 is 11.7 Å². The Bertz CT molecular complexity index is 597. The number of benzene rings is 1. The normalized spacial score (nSPS) is 22.4. The Hall–Kier alpha value is -1.56. The molecular weight excluding hydrogens is 331 g/mol. The van der Waals surface area contributed by atoms with Crippen LogP contribution in [0.5, 0.6) is 0 Å². The molecule has 1 heterocycles. The zero-order valence-corrected chi connectivity index (χ0v) is 14.2. The van der Waals surface area contributed by atoms with Crippen LogP contribution in [-0.4, -0.2) is 30.0 Å². The highest BCUT2D eigenvalue weighted by Crippen LogP contribution is 2.30. The summed E-state index contributed by atoms with van der Waals surface area (Å²) in [6, 6.07) is 5.23. The summed E-state index contributed by atoms with van der Waals surface area (Å²) in [5, 5.41) is 0. The Morgan fingerprint density at radius 1 is 1.16 bits per heavy atom. The molecule has 1 amide bonds. The fourth-order valence-electron chi connectivity index (χ4n) is 3.76. The van der Waals surface area contributed by atoms with E-state index in [-0.39, 0.29) is 24.5 Å². The lowest BCUT2D eigenvalue weighted by atomic mass is 10.0. The molecule has 1 saturated heterocycles. The van der Waals surface area contributed by atoms with Gasteiger partial charge in [0.05, 0.1) is 18.3 Å². The summed E-state index contributed by atoms with van der Waals surface area (Å²) in [5.41, 5.74) is -0.149. The molecule has 1 aliphatic heterocycles. The molecule has 1 aromatic rings. The van der Waals surface area contributed by atoms with E-state index in [1.54, 1.807) is 6.07 Å². The summed E-state index contributed by atoms with van der Waals surface area (Å²) in [5.74, 6) is 0.382. The van der Waals surface area contributed by atoms with Gasteiger partial charge in [-0.2, -0.15) is 13.2 Å². The van der Waals surface area contributed by atoms with Gasteiger partial charge in [-0.1, -0.05) is 25.0 Å². The van der Waals surface area contributed by atoms with Crippen LogP contribution in [0.15, 0.2) is 24.3 Å². The molecule has 6 heteroatoms. The zero-order chi connectivity index (χ0) is 17.9. The van der Waals surface area contributed by atoms with E-state index in [1.165, 1.54) is 6.07 Å². The monoisotopic (exact) mass is 355 g/mol. The van der Waals surface area contributed by atoms with Crippen LogP contribution in [0.25, 0.3) is 0 Å². The summed E-state index contributed by atoms with van der Waals surface area (Å²) in [6.45, 7) is 1.45. The molecule has 1 aromatic carbocycles. The molecule has 3 nitrogen and oxygen atoms in total. The molecule has 1 atom stereocenters. The lowest BCUT2D eigenvalue weighted by Gasteiger charge is -2.34. The van der Waals surface area contributed by atoms with Crippen LogP contribution >= 0.6 is 0 Å². The van der Waals surface area contributed by atoms with Crippen molar-refractivity contribution in [1.29, 1.82) is 0 Å². The summed E-state index contributed by atoms with van der Waals surface area (Å²) in [6.07, 6.45) is 1.48. The Morgan fingerprint density at radius 2 is 1.92 bits per heavy atom. The summed E-state index contributed by atoms with van der Waals surface area (Å²) in [4.78, 5) is 14.4. The van der Waals surface area contributed by atoms with Crippen molar-refractivity contribution in [3.05, 3.63) is 35.4 Å². The van der Waals surface area contributed by atoms with Crippen molar-refractivity contribution in [2.24, 2.45) is 5.92 Å². The van der Waals surface area contributed by atoms with Gasteiger partial charge in [-0.15, -0.1) is 0 Å². The van der Waals surface area contributed by atoms with Gasteiger partial charge < -0.3 is 9.64 Å². The van der Waals surface area contributed by atoms with Crippen molar-refractivity contribution in [2.45, 2.75) is 57.4 Å². The Kier molecular flexibility index (Phi) is 5.67. The van der Waals surface area contributed by atoms with Crippen LogP contribution in [0, 0.1) is 5.92 Å². The number of likely N-dealkylation sites (tertiary alicyclic amines) is 1. The van der Waals surface area contributed by atoms with Crippen molar-refractivity contribution < 1.29 is 22.7 Å². The average molecular weight is 355 g/mol. The second kappa shape index (κ2) is 7.77. The van der Waals surface area contributed by atoms with Crippen molar-refractivity contribution in [2.75, 3.05) is 13.1 Å². The van der Waals surface area contributed by atoms with E-state index in [4.69, 9.17) is 4.74 Å². The standard InChI is InChI=1S/C19H24F3NO2/c20-19(21,22)16-8-3-5-14(11-16)13-25-17-9-4-10-23(12-17)18(24)15-6-1-2-7-15/h3,5,8,11,15,17H,1-2,4,6-7,9-10,12-13H2/t17-/m0/s1. The third-order valence-electron chi connectivity index (χ3n) is 5.13. The highest BCUT2D eigenvalue weighted by atomic mass is 19.4. The van der Waals surface area contributed by atoms with Crippen molar-refractivity contribution in [3.8, 4) is 0 Å². The first-order valence-electron chi connectivity index (χ1n) is 9.00. The number of piperidine rings is 1. The van der Waals surface area contributed by atoms with Crippen LogP contribution in [-0.2, 0) is 22.3 Å². The minimum absolute atomic E-state index is 0.103. The fourth-order valence-corrected chi connectivity index (χ4v) is 3.76. The van der Waals surface area contributed by atoms with Crippen molar-refractivity contribution >= 4 is 5.91 Å². The maximum absolute atomic E-state index is 12.8. The number of nitrogens with zero attached hydrogens (tertiary/aromatic N) is 1. The molecule has 25 heavy (non-hydrogen) atoms. The molecule has 2 fully saturated rings. The molecule has 0 bridgehead atoms. The number of amides is 1. The third kappa shape index (κ3) is 4.75. The van der Waals surface area contributed by atoms with Crippen molar-refractivity contribution in [1.82, 2.24) is 4.90 Å². The fraction of sp³-hybridized carbons (Fsp3) is 0.632. The molecular formula is C19H24F3NO2. The number of hydrogen-bond donors (Lipinski definition) is 0. The smallest absolute Gasteiger partial charge is 0.372 e. The van der Waals surface area contributed by atoms with E-state index in [9.17, 15) is 18.0 Å². The van der Waals surface area contributed by atoms with Gasteiger partial charge in [0.1, 0.15) is 0 Å². The van der Waals surface area contributed by atoms with E-state index in [2.05, 4.69) is 0 Å². The number of ether oxygens (including phenoxy) is 1. The topological polar surface area (TPSA) is 29.5 Å². The van der Waals surface area contributed by atoms with Gasteiger partial charge in [0.25, 0.3) is 0 Å². The van der Waals surface area contributed by atoms with Crippen LogP contribution in [0.2, 0.25) is 0 Å². The molecule has 0 unspecified atom stereocenters. The molecule has 0 N–H and O–H groups in total. The summed E-state index contributed by atoms with van der Waals surface area (Å²) >= 11 is 0. The van der Waals surface area contributed by atoms with Crippen LogP contribution < -0.4 is 0 Å². The van der Waals surface area contributed by atoms with E-state index in [0.717, 1.165) is 57.2 Å². The lowest BCUT2D eigenvalue weighted by Crippen LogP contribution is -2.45. The molecule has 0 spiro atoms. The predicted molar refractivity (Wildman–Crippen MR) is 87.8 cm³/mol. The van der Waals surface area contributed by atoms with Crippen LogP contribution in [0.4, 0.5) is 13.2 Å². The predicted octanol–water partition coefficient (Wildman–Crippen LogP) is 4.40. The first-order chi connectivity index (χ1) is 11.9. The quantitative estimate of drug-likeness (QED) is 0.801. The molecule has 1 aliphatic carbocycles. The molecule has 1 saturated carbocycles. The second-order valence-electron chi connectivity index (χ2n) is 7.04. The molecule has 3 rings (SSSR count). The van der Waals surface area contributed by atoms with E-state index >= 15 is 0 Å². The van der Waals surface area contributed by atoms with Crippen LogP contribution in [0.1, 0.15) is 49.7 Å². The van der Waals surface area contributed by atoms with Gasteiger partial charge in [-0.05, 0) is 43.4 Å². The van der Waals surface area contributed by atoms with Gasteiger partial charge in [0, 0.05) is 19.0 Å². The number of alkyl halides is 3. The molecule has 2 aliphatic rings. The SMILES string of the molecule is O=C(C1CCCC1)N1CCC[C@H](OCc2cccc(C(F)(F)F)c2)C1. The van der Waals surface area contributed by atoms with Crippen molar-refractivity contribution in [3.63, 3.8) is 0 Å². The van der Waals surface area contributed by atoms with Gasteiger partial charge in [-0.25, -0.2) is 0 Å². The zero-order valence-electron chi connectivity index (χ0n) is 14.2. The Labute approximate surface area is 146 Å². The third-order valence-corrected chi connectivity index (χ3v) is 5.13. The first-order valence-corrected chi connectivity index (χ1v) is 9.00. The van der Waals surface area contributed by atoms with E-state index in [1.807, 2.05) is 4.90 Å². The average Bonchev–Trinajstić information content (AvgIpc) is 3.14. The Morgan fingerprint density at radius 3 is 2.64 bits per heavy atom. The minimum Gasteiger partial charge on any atom is -0.372 e. The summed E-state index contributed by atoms with van der Waals surface area (Å²) < 4.78 is 44.1. The highest BCUT2D eigenvalue weighted by molar-refractivity contribution is 5.79. The molecule has 138 valence electrons. The van der Waals surface area contributed by atoms with Gasteiger partial charge >= 0.3 is 6.18 Å². The number of halogens is 3. The minimum atomic E-state index is -4.34. The maximum atomic E-state index is 12.8. The van der Waals surface area contributed by atoms with Gasteiger partial charge in [0.2, 0.25) is 5.91 Å².